The van der Waals surface area contributed by atoms with Crippen LogP contribution in [0.15, 0.2) is 89.7 Å². The van der Waals surface area contributed by atoms with Gasteiger partial charge in [-0.1, -0.05) is 60.7 Å². The topological polar surface area (TPSA) is 130 Å². The Morgan fingerprint density at radius 1 is 0.838 bits per heavy atom. The number of hydrogen-bond acceptors (Lipinski definition) is 5. The molecule has 0 fully saturated rings. The van der Waals surface area contributed by atoms with Crippen LogP contribution in [0.3, 0.4) is 0 Å². The maximum atomic E-state index is 13.5. The summed E-state index contributed by atoms with van der Waals surface area (Å²) in [4.78, 5) is 49.5. The predicted molar refractivity (Wildman–Crippen MR) is 139 cm³/mol. The van der Waals surface area contributed by atoms with Gasteiger partial charge in [-0.2, -0.15) is 5.10 Å². The van der Waals surface area contributed by atoms with Crippen LogP contribution in [0.4, 0.5) is 5.69 Å². The smallest absolute Gasteiger partial charge is 0.305 e. The molecule has 3 aromatic carbocycles. The van der Waals surface area contributed by atoms with Crippen molar-refractivity contribution in [3.05, 3.63) is 106 Å². The van der Waals surface area contributed by atoms with Gasteiger partial charge in [0.25, 0.3) is 17.4 Å². The first-order valence-corrected chi connectivity index (χ1v) is 11.5. The largest absolute Gasteiger partial charge is 0.481 e. The van der Waals surface area contributed by atoms with Gasteiger partial charge in [0.15, 0.2) is 0 Å². The molecule has 0 spiro atoms. The van der Waals surface area contributed by atoms with Crippen LogP contribution in [-0.4, -0.2) is 39.2 Å². The lowest BCUT2D eigenvalue weighted by atomic mass is 9.95. The molecule has 0 atom stereocenters. The summed E-state index contributed by atoms with van der Waals surface area (Å²) in [6, 6.07) is 24.5. The van der Waals surface area contributed by atoms with E-state index in [1.165, 1.54) is 31.3 Å². The summed E-state index contributed by atoms with van der Waals surface area (Å²) >= 11 is 0. The van der Waals surface area contributed by atoms with E-state index in [1.807, 2.05) is 60.7 Å². The highest BCUT2D eigenvalue weighted by atomic mass is 16.4. The third kappa shape index (κ3) is 5.79. The van der Waals surface area contributed by atoms with Gasteiger partial charge in [0.05, 0.1) is 12.1 Å². The highest BCUT2D eigenvalue weighted by Gasteiger charge is 2.24. The van der Waals surface area contributed by atoms with Gasteiger partial charge in [-0.15, -0.1) is 0 Å². The number of carbonyl (C=O) groups is 3. The van der Waals surface area contributed by atoms with E-state index in [1.54, 1.807) is 0 Å². The lowest BCUT2D eigenvalue weighted by molar-refractivity contribution is -0.136. The summed E-state index contributed by atoms with van der Waals surface area (Å²) in [6.07, 6.45) is -0.185. The molecule has 1 heterocycles. The Labute approximate surface area is 212 Å². The van der Waals surface area contributed by atoms with Crippen molar-refractivity contribution in [3.63, 3.8) is 0 Å². The molecule has 0 aliphatic rings. The molecule has 0 aliphatic heterocycles. The summed E-state index contributed by atoms with van der Waals surface area (Å²) in [7, 11) is 1.50. The molecule has 0 saturated carbocycles. The van der Waals surface area contributed by atoms with Gasteiger partial charge >= 0.3 is 5.97 Å². The monoisotopic (exact) mass is 496 g/mol. The Kier molecular flexibility index (Phi) is 7.53. The quantitative estimate of drug-likeness (QED) is 0.342. The van der Waals surface area contributed by atoms with E-state index in [0.29, 0.717) is 28.1 Å². The van der Waals surface area contributed by atoms with Crippen molar-refractivity contribution < 1.29 is 19.5 Å². The zero-order chi connectivity index (χ0) is 26.4. The first-order chi connectivity index (χ1) is 17.8. The number of amides is 2. The van der Waals surface area contributed by atoms with Gasteiger partial charge in [-0.3, -0.25) is 19.2 Å². The van der Waals surface area contributed by atoms with Crippen LogP contribution in [-0.2, 0) is 11.8 Å². The Balaban J connectivity index is 1.69. The highest BCUT2D eigenvalue weighted by Crippen LogP contribution is 2.32. The van der Waals surface area contributed by atoms with E-state index in [4.69, 9.17) is 5.11 Å². The number of nitrogens with zero attached hydrogens (tertiary/aromatic N) is 2. The van der Waals surface area contributed by atoms with Gasteiger partial charge in [0, 0.05) is 36.0 Å². The highest BCUT2D eigenvalue weighted by molar-refractivity contribution is 6.10. The van der Waals surface area contributed by atoms with Crippen LogP contribution in [0, 0.1) is 0 Å². The molecule has 4 rings (SSSR count). The van der Waals surface area contributed by atoms with Gasteiger partial charge in [-0.05, 0) is 29.8 Å². The Morgan fingerprint density at radius 3 is 2.03 bits per heavy atom. The molecular weight excluding hydrogens is 472 g/mol. The van der Waals surface area contributed by atoms with E-state index in [9.17, 15) is 19.2 Å². The number of nitrogens with one attached hydrogen (secondary N) is 2. The second-order valence-electron chi connectivity index (χ2n) is 8.19. The number of aliphatic carboxylic acids is 1. The molecular formula is C28H24N4O5. The average molecular weight is 497 g/mol. The Hall–Kier alpha value is -5.05. The van der Waals surface area contributed by atoms with Gasteiger partial charge in [-0.25, -0.2) is 4.68 Å². The number of aryl methyl sites for hydroxylation is 1. The molecule has 4 aromatic rings. The van der Waals surface area contributed by atoms with Crippen molar-refractivity contribution in [3.8, 4) is 22.4 Å². The van der Waals surface area contributed by atoms with Crippen molar-refractivity contribution in [2.24, 2.45) is 7.05 Å². The number of benzene rings is 3. The number of aromatic nitrogens is 2. The SMILES string of the molecule is Cn1nc(-c2ccccc2)c(-c2ccccc2)c(C(=O)Nc2ccc(C(=O)NCCC(=O)O)cc2)c1=O. The minimum atomic E-state index is -1.01. The molecule has 9 nitrogen and oxygen atoms in total. The maximum absolute atomic E-state index is 13.5. The van der Waals surface area contributed by atoms with Crippen molar-refractivity contribution >= 4 is 23.5 Å². The maximum Gasteiger partial charge on any atom is 0.305 e. The van der Waals surface area contributed by atoms with Gasteiger partial charge in [0.2, 0.25) is 0 Å². The minimum absolute atomic E-state index is 0.00397. The lowest BCUT2D eigenvalue weighted by Crippen LogP contribution is -2.31. The number of hydrogen-bond donors (Lipinski definition) is 3. The number of rotatable bonds is 8. The predicted octanol–water partition coefficient (Wildman–Crippen LogP) is 3.57. The van der Waals surface area contributed by atoms with Crippen LogP contribution in [0.25, 0.3) is 22.4 Å². The number of carboxylic acid groups (broad SMARTS) is 1. The van der Waals surface area contributed by atoms with E-state index < -0.39 is 23.3 Å². The van der Waals surface area contributed by atoms with Crippen LogP contribution >= 0.6 is 0 Å². The van der Waals surface area contributed by atoms with Crippen LogP contribution in [0.5, 0.6) is 0 Å². The van der Waals surface area contributed by atoms with Crippen molar-refractivity contribution in [1.29, 1.82) is 0 Å². The zero-order valence-electron chi connectivity index (χ0n) is 20.0. The number of carbonyl (C=O) groups excluding carboxylic acids is 2. The molecule has 0 bridgehead atoms. The molecule has 2 amide bonds. The molecule has 9 heteroatoms. The standard InChI is InChI=1S/C28H24N4O5/c1-32-28(37)24(23(18-8-4-2-5-9-18)25(31-32)19-10-6-3-7-11-19)27(36)30-21-14-12-20(13-15-21)26(35)29-17-16-22(33)34/h2-15H,16-17H2,1H3,(H,29,35)(H,30,36)(H,33,34). The second-order valence-corrected chi connectivity index (χ2v) is 8.19. The normalized spacial score (nSPS) is 10.5. The van der Waals surface area contributed by atoms with Crippen molar-refractivity contribution in [1.82, 2.24) is 15.1 Å². The average Bonchev–Trinajstić information content (AvgIpc) is 2.91. The molecule has 3 N–H and O–H groups in total. The molecule has 1 aromatic heterocycles. The van der Waals surface area contributed by atoms with Gasteiger partial charge < -0.3 is 15.7 Å². The van der Waals surface area contributed by atoms with E-state index >= 15 is 0 Å². The zero-order valence-corrected chi connectivity index (χ0v) is 20.0. The lowest BCUT2D eigenvalue weighted by Gasteiger charge is -2.16. The fourth-order valence-electron chi connectivity index (χ4n) is 3.81. The first-order valence-electron chi connectivity index (χ1n) is 11.5. The van der Waals surface area contributed by atoms with Crippen LogP contribution in [0.2, 0.25) is 0 Å². The molecule has 186 valence electrons. The van der Waals surface area contributed by atoms with Crippen LogP contribution in [0.1, 0.15) is 27.1 Å². The second kappa shape index (κ2) is 11.1. The Morgan fingerprint density at radius 2 is 1.43 bits per heavy atom. The summed E-state index contributed by atoms with van der Waals surface area (Å²) < 4.78 is 1.15. The summed E-state index contributed by atoms with van der Waals surface area (Å²) in [5.74, 6) is -2.05. The third-order valence-electron chi connectivity index (χ3n) is 5.61. The summed E-state index contributed by atoms with van der Waals surface area (Å²) in [5, 5.41) is 18.5. The number of anilines is 1. The van der Waals surface area contributed by atoms with E-state index in [0.717, 1.165) is 10.2 Å². The molecule has 0 aliphatic carbocycles. The summed E-state index contributed by atoms with van der Waals surface area (Å²) in [6.45, 7) is 0.00397. The van der Waals surface area contributed by atoms with Crippen molar-refractivity contribution in [2.45, 2.75) is 6.42 Å². The molecule has 0 unspecified atom stereocenters. The molecule has 0 saturated heterocycles. The Bertz CT molecular complexity index is 1500. The molecule has 0 radical (unpaired) electrons. The molecule has 37 heavy (non-hydrogen) atoms. The van der Waals surface area contributed by atoms with Gasteiger partial charge in [0.1, 0.15) is 5.56 Å². The third-order valence-corrected chi connectivity index (χ3v) is 5.61. The summed E-state index contributed by atoms with van der Waals surface area (Å²) in [5.41, 5.74) is 2.41. The first kappa shape index (κ1) is 25.1. The minimum Gasteiger partial charge on any atom is -0.481 e. The van der Waals surface area contributed by atoms with Crippen LogP contribution < -0.4 is 16.2 Å². The fourth-order valence-corrected chi connectivity index (χ4v) is 3.81. The van der Waals surface area contributed by atoms with Crippen molar-refractivity contribution in [2.75, 3.05) is 11.9 Å². The van der Waals surface area contributed by atoms with E-state index in [2.05, 4.69) is 15.7 Å². The number of carboxylic acids is 1. The fraction of sp³-hybridized carbons (Fsp3) is 0.107. The van der Waals surface area contributed by atoms with E-state index in [-0.39, 0.29) is 18.5 Å².